The van der Waals surface area contributed by atoms with Crippen LogP contribution in [0, 0.1) is 11.5 Å². The van der Waals surface area contributed by atoms with E-state index in [0.717, 1.165) is 0 Å². The topological polar surface area (TPSA) is 20.2 Å². The second-order valence-corrected chi connectivity index (χ2v) is 7.85. The zero-order valence-electron chi connectivity index (χ0n) is 6.81. The average Bonchev–Trinajstić information content (AvgIpc) is 1.78. The van der Waals surface area contributed by atoms with E-state index in [-0.39, 0.29) is 6.61 Å². The highest BCUT2D eigenvalue weighted by molar-refractivity contribution is 6.83. The van der Waals surface area contributed by atoms with Gasteiger partial charge in [0.2, 0.25) is 0 Å². The van der Waals surface area contributed by atoms with Gasteiger partial charge in [0.1, 0.15) is 8.07 Å². The molecule has 1 N–H and O–H groups in total. The van der Waals surface area contributed by atoms with Crippen molar-refractivity contribution in [2.45, 2.75) is 19.6 Å². The van der Waals surface area contributed by atoms with Gasteiger partial charge >= 0.3 is 0 Å². The van der Waals surface area contributed by atoms with Crippen molar-refractivity contribution < 1.29 is 5.11 Å². The molecule has 0 aromatic rings. The van der Waals surface area contributed by atoms with Crippen LogP contribution in [0.3, 0.4) is 0 Å². The Kier molecular flexibility index (Phi) is 4.09. The van der Waals surface area contributed by atoms with Gasteiger partial charge in [-0.05, 0) is 6.08 Å². The van der Waals surface area contributed by atoms with E-state index in [4.69, 9.17) is 5.11 Å². The highest BCUT2D eigenvalue weighted by Gasteiger charge is 2.06. The first-order chi connectivity index (χ1) is 4.56. The fraction of sp³-hybridized carbons (Fsp3) is 0.500. The summed E-state index contributed by atoms with van der Waals surface area (Å²) in [6, 6.07) is 0. The first-order valence-electron chi connectivity index (χ1n) is 3.35. The standard InChI is InChI=1S/C8H14OSi/c1-10(2,3)8-6-4-5-7-9/h4-5,9H,7H2,1-3H3/b5-4-. The van der Waals surface area contributed by atoms with Gasteiger partial charge < -0.3 is 5.11 Å². The van der Waals surface area contributed by atoms with Crippen LogP contribution < -0.4 is 0 Å². The third kappa shape index (κ3) is 7.48. The molecule has 0 aliphatic rings. The van der Waals surface area contributed by atoms with Gasteiger partial charge in [-0.15, -0.1) is 5.54 Å². The van der Waals surface area contributed by atoms with Crippen LogP contribution in [-0.2, 0) is 0 Å². The van der Waals surface area contributed by atoms with Crippen molar-refractivity contribution in [1.82, 2.24) is 0 Å². The first kappa shape index (κ1) is 9.48. The molecule has 0 atom stereocenters. The van der Waals surface area contributed by atoms with Crippen molar-refractivity contribution in [3.8, 4) is 11.5 Å². The maximum Gasteiger partial charge on any atom is 0.129 e. The highest BCUT2D eigenvalue weighted by Crippen LogP contribution is 1.95. The molecule has 0 spiro atoms. The Hall–Kier alpha value is -0.523. The lowest BCUT2D eigenvalue weighted by atomic mass is 10.5. The summed E-state index contributed by atoms with van der Waals surface area (Å²) in [4.78, 5) is 0. The van der Waals surface area contributed by atoms with E-state index >= 15 is 0 Å². The predicted octanol–water partition coefficient (Wildman–Crippen LogP) is 1.42. The second kappa shape index (κ2) is 4.32. The van der Waals surface area contributed by atoms with Crippen LogP contribution >= 0.6 is 0 Å². The molecule has 0 aliphatic carbocycles. The lowest BCUT2D eigenvalue weighted by Crippen LogP contribution is -2.16. The SMILES string of the molecule is C[Si](C)(C)C#C/C=C\CO. The summed E-state index contributed by atoms with van der Waals surface area (Å²) in [5.41, 5.74) is 3.15. The van der Waals surface area contributed by atoms with Crippen molar-refractivity contribution in [3.63, 3.8) is 0 Å². The summed E-state index contributed by atoms with van der Waals surface area (Å²) in [6.45, 7) is 6.65. The van der Waals surface area contributed by atoms with E-state index in [1.54, 1.807) is 12.2 Å². The van der Waals surface area contributed by atoms with Crippen molar-refractivity contribution in [2.24, 2.45) is 0 Å². The molecule has 0 aromatic heterocycles. The van der Waals surface area contributed by atoms with E-state index in [9.17, 15) is 0 Å². The minimum atomic E-state index is -1.20. The number of aliphatic hydroxyl groups excluding tert-OH is 1. The van der Waals surface area contributed by atoms with Crippen LogP contribution in [0.25, 0.3) is 0 Å². The van der Waals surface area contributed by atoms with Gasteiger partial charge in [-0.1, -0.05) is 31.6 Å². The average molecular weight is 154 g/mol. The second-order valence-electron chi connectivity index (χ2n) is 3.10. The lowest BCUT2D eigenvalue weighted by Gasteiger charge is -2.01. The number of allylic oxidation sites excluding steroid dienone is 1. The Balaban J connectivity index is 3.81. The summed E-state index contributed by atoms with van der Waals surface area (Å²) < 4.78 is 0. The van der Waals surface area contributed by atoms with E-state index in [1.807, 2.05) is 0 Å². The lowest BCUT2D eigenvalue weighted by molar-refractivity contribution is 0.343. The molecule has 0 bridgehead atoms. The molecule has 0 aromatic carbocycles. The van der Waals surface area contributed by atoms with E-state index < -0.39 is 8.07 Å². The molecule has 2 heteroatoms. The molecule has 0 fully saturated rings. The molecule has 0 radical (unpaired) electrons. The molecule has 0 heterocycles. The predicted molar refractivity (Wildman–Crippen MR) is 47.3 cm³/mol. The minimum Gasteiger partial charge on any atom is -0.392 e. The van der Waals surface area contributed by atoms with Gasteiger partial charge in [0.05, 0.1) is 6.61 Å². The van der Waals surface area contributed by atoms with Crippen molar-refractivity contribution in [3.05, 3.63) is 12.2 Å². The zero-order valence-corrected chi connectivity index (χ0v) is 7.81. The summed E-state index contributed by atoms with van der Waals surface area (Å²) in [7, 11) is -1.20. The van der Waals surface area contributed by atoms with E-state index in [0.29, 0.717) is 0 Å². The Morgan fingerprint density at radius 3 is 2.40 bits per heavy atom. The zero-order chi connectivity index (χ0) is 8.04. The molecule has 0 rings (SSSR count). The van der Waals surface area contributed by atoms with Crippen LogP contribution in [0.2, 0.25) is 19.6 Å². The number of hydrogen-bond acceptors (Lipinski definition) is 1. The molecule has 0 unspecified atom stereocenters. The maximum absolute atomic E-state index is 8.35. The fourth-order valence-corrected chi connectivity index (χ4v) is 0.886. The fourth-order valence-electron chi connectivity index (χ4n) is 0.370. The van der Waals surface area contributed by atoms with Gasteiger partial charge in [0.15, 0.2) is 0 Å². The molecule has 0 saturated carbocycles. The Labute approximate surface area is 63.8 Å². The van der Waals surface area contributed by atoms with E-state index in [1.165, 1.54) is 0 Å². The molecule has 0 aliphatic heterocycles. The summed E-state index contributed by atoms with van der Waals surface area (Å²) in [6.07, 6.45) is 3.35. The van der Waals surface area contributed by atoms with E-state index in [2.05, 4.69) is 31.1 Å². The number of aliphatic hydroxyl groups is 1. The first-order valence-corrected chi connectivity index (χ1v) is 6.85. The molecule has 56 valence electrons. The van der Waals surface area contributed by atoms with Crippen molar-refractivity contribution in [2.75, 3.05) is 6.61 Å². The minimum absolute atomic E-state index is 0.0837. The number of hydrogen-bond donors (Lipinski definition) is 1. The summed E-state index contributed by atoms with van der Waals surface area (Å²) >= 11 is 0. The normalized spacial score (nSPS) is 11.2. The number of rotatable bonds is 1. The Morgan fingerprint density at radius 2 is 2.00 bits per heavy atom. The van der Waals surface area contributed by atoms with Gasteiger partial charge in [-0.2, -0.15) is 0 Å². The largest absolute Gasteiger partial charge is 0.392 e. The van der Waals surface area contributed by atoms with Gasteiger partial charge in [0.25, 0.3) is 0 Å². The molecular formula is C8H14OSi. The van der Waals surface area contributed by atoms with Crippen LogP contribution in [0.5, 0.6) is 0 Å². The van der Waals surface area contributed by atoms with Crippen LogP contribution in [-0.4, -0.2) is 19.8 Å². The third-order valence-electron chi connectivity index (χ3n) is 0.754. The third-order valence-corrected chi connectivity index (χ3v) is 1.65. The van der Waals surface area contributed by atoms with Crippen molar-refractivity contribution in [1.29, 1.82) is 0 Å². The van der Waals surface area contributed by atoms with Crippen molar-refractivity contribution >= 4 is 8.07 Å². The monoisotopic (exact) mass is 154 g/mol. The molecular weight excluding hydrogens is 140 g/mol. The molecule has 1 nitrogen and oxygen atoms in total. The summed E-state index contributed by atoms with van der Waals surface area (Å²) in [5, 5.41) is 8.35. The molecule has 10 heavy (non-hydrogen) atoms. The van der Waals surface area contributed by atoms with Gasteiger partial charge in [0, 0.05) is 0 Å². The maximum atomic E-state index is 8.35. The van der Waals surface area contributed by atoms with Crippen LogP contribution in [0.15, 0.2) is 12.2 Å². The van der Waals surface area contributed by atoms with Crippen LogP contribution in [0.4, 0.5) is 0 Å². The van der Waals surface area contributed by atoms with Crippen LogP contribution in [0.1, 0.15) is 0 Å². The van der Waals surface area contributed by atoms with Gasteiger partial charge in [-0.3, -0.25) is 0 Å². The summed E-state index contributed by atoms with van der Waals surface area (Å²) in [5.74, 6) is 2.90. The van der Waals surface area contributed by atoms with Gasteiger partial charge in [-0.25, -0.2) is 0 Å². The smallest absolute Gasteiger partial charge is 0.129 e. The molecule has 0 amide bonds. The quantitative estimate of drug-likeness (QED) is 0.447. The molecule has 0 saturated heterocycles. The Bertz CT molecular complexity index is 166. The Morgan fingerprint density at radius 1 is 1.40 bits per heavy atom. The highest BCUT2D eigenvalue weighted by atomic mass is 28.3.